The van der Waals surface area contributed by atoms with Crippen molar-refractivity contribution in [1.82, 2.24) is 0 Å². The molecule has 0 heterocycles. The maximum absolute atomic E-state index is 5.89. The number of hydrogen-bond donors (Lipinski definition) is 0. The van der Waals surface area contributed by atoms with Gasteiger partial charge in [0.15, 0.2) is 8.32 Å². The molecule has 0 saturated carbocycles. The van der Waals surface area contributed by atoms with Gasteiger partial charge in [0.25, 0.3) is 0 Å². The first kappa shape index (κ1) is 13.8. The third-order valence-electron chi connectivity index (χ3n) is 2.60. The molecule has 0 bridgehead atoms. The zero-order valence-corrected chi connectivity index (χ0v) is 11.7. The number of alkyl halides is 2. The van der Waals surface area contributed by atoms with E-state index in [1.165, 1.54) is 0 Å². The van der Waals surface area contributed by atoms with Gasteiger partial charge in [-0.2, -0.15) is 0 Å². The Kier molecular flexibility index (Phi) is 5.30. The third kappa shape index (κ3) is 4.68. The van der Waals surface area contributed by atoms with Gasteiger partial charge in [0.05, 0.1) is 12.0 Å². The van der Waals surface area contributed by atoms with Gasteiger partial charge in [-0.3, -0.25) is 0 Å². The minimum atomic E-state index is -1.63. The highest BCUT2D eigenvalue weighted by Crippen LogP contribution is 2.36. The molecule has 13 heavy (non-hydrogen) atoms. The van der Waals surface area contributed by atoms with Gasteiger partial charge in [-0.25, -0.2) is 0 Å². The van der Waals surface area contributed by atoms with Gasteiger partial charge in [-0.15, -0.1) is 23.2 Å². The summed E-state index contributed by atoms with van der Waals surface area (Å²) < 4.78 is 5.87. The fourth-order valence-electron chi connectivity index (χ4n) is 0.560. The lowest BCUT2D eigenvalue weighted by atomic mass is 10.2. The monoisotopic (exact) mass is 242 g/mol. The van der Waals surface area contributed by atoms with Crippen molar-refractivity contribution >= 4 is 31.5 Å². The van der Waals surface area contributed by atoms with Gasteiger partial charge in [0.1, 0.15) is 0 Å². The van der Waals surface area contributed by atoms with E-state index in [0.717, 1.165) is 0 Å². The van der Waals surface area contributed by atoms with Crippen LogP contribution in [0.15, 0.2) is 0 Å². The second-order valence-corrected chi connectivity index (χ2v) is 10.6. The molecule has 0 N–H and O–H groups in total. The topological polar surface area (TPSA) is 9.23 Å². The molecule has 0 aromatic carbocycles. The average Bonchev–Trinajstić information content (AvgIpc) is 1.98. The van der Waals surface area contributed by atoms with Crippen LogP contribution in [0.2, 0.25) is 18.1 Å². The summed E-state index contributed by atoms with van der Waals surface area (Å²) >= 11 is 11.5. The summed E-state index contributed by atoms with van der Waals surface area (Å²) in [5.74, 6) is 0.455. The Bertz CT molecular complexity index is 154. The molecule has 0 radical (unpaired) electrons. The van der Waals surface area contributed by atoms with Gasteiger partial charge in [-0.1, -0.05) is 20.8 Å². The molecule has 80 valence electrons. The summed E-state index contributed by atoms with van der Waals surface area (Å²) in [5.41, 5.74) is 0. The molecule has 0 rings (SSSR count). The maximum Gasteiger partial charge on any atom is 0.192 e. The second-order valence-electron chi connectivity index (χ2n) is 4.82. The van der Waals surface area contributed by atoms with Crippen LogP contribution in [-0.2, 0) is 4.43 Å². The summed E-state index contributed by atoms with van der Waals surface area (Å²) in [5, 5.41) is 0.187. The van der Waals surface area contributed by atoms with Crippen LogP contribution >= 0.6 is 23.2 Å². The fourth-order valence-corrected chi connectivity index (χ4v) is 1.87. The van der Waals surface area contributed by atoms with Crippen molar-refractivity contribution in [2.45, 2.75) is 44.3 Å². The van der Waals surface area contributed by atoms with E-state index in [-0.39, 0.29) is 10.4 Å². The Morgan fingerprint density at radius 3 is 2.08 bits per heavy atom. The number of halogens is 2. The SMILES string of the molecule is CC(C)(C)[Si](C)(C)OCC(Cl)CCl. The Labute approximate surface area is 92.9 Å². The lowest BCUT2D eigenvalue weighted by Gasteiger charge is -2.36. The van der Waals surface area contributed by atoms with Crippen molar-refractivity contribution in [2.24, 2.45) is 0 Å². The zero-order chi connectivity index (χ0) is 10.7. The second kappa shape index (κ2) is 5.01. The first-order chi connectivity index (χ1) is 5.70. The van der Waals surface area contributed by atoms with Crippen LogP contribution in [-0.4, -0.2) is 26.2 Å². The molecule has 1 atom stereocenters. The van der Waals surface area contributed by atoms with Crippen LogP contribution in [0.1, 0.15) is 20.8 Å². The van der Waals surface area contributed by atoms with E-state index in [9.17, 15) is 0 Å². The van der Waals surface area contributed by atoms with Crippen LogP contribution in [0.4, 0.5) is 0 Å². The molecular weight excluding hydrogens is 223 g/mol. The minimum absolute atomic E-state index is 0.0595. The van der Waals surface area contributed by atoms with Crippen molar-refractivity contribution in [3.63, 3.8) is 0 Å². The lowest BCUT2D eigenvalue weighted by Crippen LogP contribution is -2.42. The van der Waals surface area contributed by atoms with E-state index in [1.54, 1.807) is 0 Å². The molecule has 1 unspecified atom stereocenters. The molecule has 0 spiro atoms. The zero-order valence-electron chi connectivity index (χ0n) is 9.16. The molecular formula is C9H20Cl2OSi. The Balaban J connectivity index is 4.04. The Morgan fingerprint density at radius 1 is 1.31 bits per heavy atom. The van der Waals surface area contributed by atoms with Crippen LogP contribution in [0.3, 0.4) is 0 Å². The maximum atomic E-state index is 5.89. The molecule has 0 aliphatic rings. The molecule has 4 heteroatoms. The summed E-state index contributed by atoms with van der Waals surface area (Å²) in [6.45, 7) is 11.6. The van der Waals surface area contributed by atoms with E-state index < -0.39 is 8.32 Å². The van der Waals surface area contributed by atoms with Crippen LogP contribution in [0.5, 0.6) is 0 Å². The van der Waals surface area contributed by atoms with Crippen molar-refractivity contribution in [2.75, 3.05) is 12.5 Å². The smallest absolute Gasteiger partial charge is 0.192 e. The normalized spacial score (nSPS) is 15.9. The Hall–Kier alpha value is 0.757. The fraction of sp³-hybridized carbons (Fsp3) is 1.00. The third-order valence-corrected chi connectivity index (χ3v) is 7.91. The lowest BCUT2D eigenvalue weighted by molar-refractivity contribution is 0.291. The quantitative estimate of drug-likeness (QED) is 0.538. The molecule has 0 fully saturated rings. The van der Waals surface area contributed by atoms with E-state index in [1.807, 2.05) is 0 Å². The van der Waals surface area contributed by atoms with Crippen molar-refractivity contribution in [3.8, 4) is 0 Å². The van der Waals surface area contributed by atoms with Gasteiger partial charge >= 0.3 is 0 Å². The predicted octanol–water partition coefficient (Wildman–Crippen LogP) is 3.85. The average molecular weight is 243 g/mol. The van der Waals surface area contributed by atoms with E-state index >= 15 is 0 Å². The highest BCUT2D eigenvalue weighted by atomic mass is 35.5. The summed E-state index contributed by atoms with van der Waals surface area (Å²) in [6.07, 6.45) is 0. The minimum Gasteiger partial charge on any atom is -0.415 e. The van der Waals surface area contributed by atoms with Gasteiger partial charge in [-0.05, 0) is 18.1 Å². The standard InChI is InChI=1S/C9H20Cl2OSi/c1-9(2,3)13(4,5)12-7-8(11)6-10/h8H,6-7H2,1-5H3. The van der Waals surface area contributed by atoms with E-state index in [4.69, 9.17) is 27.6 Å². The van der Waals surface area contributed by atoms with E-state index in [2.05, 4.69) is 33.9 Å². The van der Waals surface area contributed by atoms with Gasteiger partial charge in [0.2, 0.25) is 0 Å². The molecule has 0 aromatic heterocycles. The van der Waals surface area contributed by atoms with Crippen molar-refractivity contribution < 1.29 is 4.43 Å². The first-order valence-electron chi connectivity index (χ1n) is 4.54. The number of rotatable bonds is 4. The largest absolute Gasteiger partial charge is 0.415 e. The molecule has 0 aliphatic carbocycles. The Morgan fingerprint density at radius 2 is 1.77 bits per heavy atom. The van der Waals surface area contributed by atoms with Gasteiger partial charge in [0, 0.05) is 5.88 Å². The highest BCUT2D eigenvalue weighted by Gasteiger charge is 2.37. The van der Waals surface area contributed by atoms with Crippen LogP contribution in [0, 0.1) is 0 Å². The molecule has 0 amide bonds. The summed E-state index contributed by atoms with van der Waals surface area (Å²) in [7, 11) is -1.63. The van der Waals surface area contributed by atoms with Crippen molar-refractivity contribution in [3.05, 3.63) is 0 Å². The molecule has 0 saturated heterocycles. The highest BCUT2D eigenvalue weighted by molar-refractivity contribution is 6.74. The first-order valence-corrected chi connectivity index (χ1v) is 8.42. The molecule has 1 nitrogen and oxygen atoms in total. The number of hydrogen-bond acceptors (Lipinski definition) is 1. The van der Waals surface area contributed by atoms with Crippen molar-refractivity contribution in [1.29, 1.82) is 0 Å². The van der Waals surface area contributed by atoms with Crippen LogP contribution < -0.4 is 0 Å². The summed E-state index contributed by atoms with van der Waals surface area (Å²) in [4.78, 5) is 0. The van der Waals surface area contributed by atoms with Gasteiger partial charge < -0.3 is 4.43 Å². The predicted molar refractivity (Wildman–Crippen MR) is 63.5 cm³/mol. The molecule has 0 aromatic rings. The van der Waals surface area contributed by atoms with E-state index in [0.29, 0.717) is 12.5 Å². The summed E-state index contributed by atoms with van der Waals surface area (Å²) in [6, 6.07) is 0. The molecule has 0 aliphatic heterocycles. The van der Waals surface area contributed by atoms with Crippen LogP contribution in [0.25, 0.3) is 0 Å².